The van der Waals surface area contributed by atoms with Crippen molar-refractivity contribution in [2.45, 2.75) is 70.7 Å². The Morgan fingerprint density at radius 2 is 1.91 bits per heavy atom. The molecular formula is C18H27ClN2O2. The summed E-state index contributed by atoms with van der Waals surface area (Å²) in [4.78, 5) is 12.0. The average molecular weight is 339 g/mol. The molecule has 128 valence electrons. The van der Waals surface area contributed by atoms with Gasteiger partial charge in [-0.1, -0.05) is 29.8 Å². The summed E-state index contributed by atoms with van der Waals surface area (Å²) < 4.78 is 5.36. The van der Waals surface area contributed by atoms with Crippen LogP contribution in [-0.4, -0.2) is 23.8 Å². The minimum atomic E-state index is -0.476. The van der Waals surface area contributed by atoms with Crippen molar-refractivity contribution in [2.24, 2.45) is 0 Å². The Morgan fingerprint density at radius 1 is 1.26 bits per heavy atom. The zero-order valence-electron chi connectivity index (χ0n) is 14.4. The number of hydrogen-bond donors (Lipinski definition) is 2. The Balaban J connectivity index is 1.94. The summed E-state index contributed by atoms with van der Waals surface area (Å²) in [5.41, 5.74) is 0.605. The molecule has 2 rings (SSSR count). The van der Waals surface area contributed by atoms with E-state index in [0.29, 0.717) is 0 Å². The van der Waals surface area contributed by atoms with Crippen LogP contribution < -0.4 is 10.6 Å². The van der Waals surface area contributed by atoms with E-state index < -0.39 is 5.60 Å². The van der Waals surface area contributed by atoms with Crippen molar-refractivity contribution in [1.82, 2.24) is 10.6 Å². The minimum absolute atomic E-state index is 0.0924. The lowest BCUT2D eigenvalue weighted by atomic mass is 10.1. The molecule has 5 heteroatoms. The van der Waals surface area contributed by atoms with Crippen LogP contribution in [0, 0.1) is 0 Å². The molecule has 0 aliphatic heterocycles. The topological polar surface area (TPSA) is 50.4 Å². The molecule has 0 heterocycles. The van der Waals surface area contributed by atoms with Crippen LogP contribution in [-0.2, 0) is 4.74 Å². The number of nitrogens with one attached hydrogen (secondary N) is 2. The first-order valence-corrected chi connectivity index (χ1v) is 8.64. The molecule has 4 nitrogen and oxygen atoms in total. The van der Waals surface area contributed by atoms with Gasteiger partial charge < -0.3 is 15.4 Å². The van der Waals surface area contributed by atoms with Crippen LogP contribution in [0.15, 0.2) is 24.3 Å². The van der Waals surface area contributed by atoms with E-state index in [4.69, 9.17) is 16.3 Å². The second kappa shape index (κ2) is 7.54. The second-order valence-electron chi connectivity index (χ2n) is 7.20. The third-order valence-corrected chi connectivity index (χ3v) is 4.40. The van der Waals surface area contributed by atoms with Crippen molar-refractivity contribution in [3.8, 4) is 0 Å². The Labute approximate surface area is 143 Å². The first-order chi connectivity index (χ1) is 10.8. The van der Waals surface area contributed by atoms with E-state index in [1.807, 2.05) is 45.0 Å². The largest absolute Gasteiger partial charge is 0.444 e. The number of rotatable bonds is 4. The molecular weight excluding hydrogens is 312 g/mol. The number of carbonyl (C=O) groups is 1. The number of benzene rings is 1. The number of halogens is 1. The second-order valence-corrected chi connectivity index (χ2v) is 7.61. The van der Waals surface area contributed by atoms with Gasteiger partial charge in [-0.25, -0.2) is 4.79 Å². The summed E-state index contributed by atoms with van der Waals surface area (Å²) in [7, 11) is 0. The SMILES string of the molecule is CC(NC1CCCC1NC(=O)OC(C)(C)C)c1ccccc1Cl. The van der Waals surface area contributed by atoms with Gasteiger partial charge in [0.1, 0.15) is 5.60 Å². The van der Waals surface area contributed by atoms with Crippen LogP contribution in [0.3, 0.4) is 0 Å². The quantitative estimate of drug-likeness (QED) is 0.853. The lowest BCUT2D eigenvalue weighted by Crippen LogP contribution is -2.48. The minimum Gasteiger partial charge on any atom is -0.444 e. The molecule has 3 unspecified atom stereocenters. The van der Waals surface area contributed by atoms with Gasteiger partial charge in [-0.3, -0.25) is 0 Å². The maximum absolute atomic E-state index is 12.0. The van der Waals surface area contributed by atoms with Gasteiger partial charge in [-0.2, -0.15) is 0 Å². The highest BCUT2D eigenvalue weighted by molar-refractivity contribution is 6.31. The van der Waals surface area contributed by atoms with Gasteiger partial charge >= 0.3 is 6.09 Å². The number of ether oxygens (including phenoxy) is 1. The van der Waals surface area contributed by atoms with Gasteiger partial charge in [0.05, 0.1) is 0 Å². The molecule has 1 aliphatic carbocycles. The first kappa shape index (κ1) is 18.1. The molecule has 1 amide bonds. The lowest BCUT2D eigenvalue weighted by molar-refractivity contribution is 0.0497. The molecule has 2 N–H and O–H groups in total. The molecule has 0 radical (unpaired) electrons. The fraction of sp³-hybridized carbons (Fsp3) is 0.611. The van der Waals surface area contributed by atoms with E-state index in [1.54, 1.807) is 0 Å². The standard InChI is InChI=1S/C18H27ClN2O2/c1-12(13-8-5-6-9-14(13)19)20-15-10-7-11-16(15)21-17(22)23-18(2,3)4/h5-6,8-9,12,15-16,20H,7,10-11H2,1-4H3,(H,21,22). The molecule has 0 bridgehead atoms. The van der Waals surface area contributed by atoms with E-state index >= 15 is 0 Å². The summed E-state index contributed by atoms with van der Waals surface area (Å²) in [6.07, 6.45) is 2.75. The van der Waals surface area contributed by atoms with Crippen LogP contribution in [0.25, 0.3) is 0 Å². The zero-order valence-corrected chi connectivity index (χ0v) is 15.1. The third kappa shape index (κ3) is 5.40. The molecule has 1 saturated carbocycles. The maximum Gasteiger partial charge on any atom is 0.407 e. The smallest absolute Gasteiger partial charge is 0.407 e. The van der Waals surface area contributed by atoms with Crippen LogP contribution in [0.2, 0.25) is 5.02 Å². The summed E-state index contributed by atoms with van der Waals surface area (Å²) in [5.74, 6) is 0. The van der Waals surface area contributed by atoms with E-state index in [1.165, 1.54) is 0 Å². The van der Waals surface area contributed by atoms with Crippen molar-refractivity contribution in [3.05, 3.63) is 34.9 Å². The van der Waals surface area contributed by atoms with E-state index in [0.717, 1.165) is 29.8 Å². The van der Waals surface area contributed by atoms with Crippen molar-refractivity contribution in [3.63, 3.8) is 0 Å². The van der Waals surface area contributed by atoms with Crippen LogP contribution >= 0.6 is 11.6 Å². The number of alkyl carbamates (subject to hydrolysis) is 1. The Morgan fingerprint density at radius 3 is 2.57 bits per heavy atom. The molecule has 0 saturated heterocycles. The summed E-state index contributed by atoms with van der Waals surface area (Å²) >= 11 is 6.27. The van der Waals surface area contributed by atoms with Gasteiger partial charge in [0.25, 0.3) is 0 Å². The Kier molecular flexibility index (Phi) is 5.93. The normalized spacial score (nSPS) is 22.7. The van der Waals surface area contributed by atoms with Crippen molar-refractivity contribution in [2.75, 3.05) is 0 Å². The molecule has 23 heavy (non-hydrogen) atoms. The molecule has 1 aromatic carbocycles. The van der Waals surface area contributed by atoms with Crippen molar-refractivity contribution >= 4 is 17.7 Å². The summed E-state index contributed by atoms with van der Waals surface area (Å²) in [6, 6.07) is 8.31. The Hall–Kier alpha value is -1.26. The van der Waals surface area contributed by atoms with E-state index in [-0.39, 0.29) is 24.2 Å². The number of hydrogen-bond acceptors (Lipinski definition) is 3. The van der Waals surface area contributed by atoms with Gasteiger partial charge in [0, 0.05) is 23.1 Å². The molecule has 1 fully saturated rings. The fourth-order valence-corrected chi connectivity index (χ4v) is 3.33. The highest BCUT2D eigenvalue weighted by Crippen LogP contribution is 2.26. The van der Waals surface area contributed by atoms with E-state index in [2.05, 4.69) is 17.6 Å². The summed E-state index contributed by atoms with van der Waals surface area (Å²) in [5, 5.41) is 7.37. The zero-order chi connectivity index (χ0) is 17.0. The lowest BCUT2D eigenvalue weighted by Gasteiger charge is -2.28. The van der Waals surface area contributed by atoms with E-state index in [9.17, 15) is 4.79 Å². The highest BCUT2D eigenvalue weighted by Gasteiger charge is 2.31. The van der Waals surface area contributed by atoms with Crippen LogP contribution in [0.1, 0.15) is 58.6 Å². The molecule has 0 aromatic heterocycles. The van der Waals surface area contributed by atoms with Gasteiger partial charge in [-0.15, -0.1) is 0 Å². The molecule has 1 aromatic rings. The monoisotopic (exact) mass is 338 g/mol. The Bertz CT molecular complexity index is 542. The third-order valence-electron chi connectivity index (χ3n) is 4.05. The fourth-order valence-electron chi connectivity index (χ4n) is 3.03. The molecule has 3 atom stereocenters. The van der Waals surface area contributed by atoms with Crippen molar-refractivity contribution in [1.29, 1.82) is 0 Å². The highest BCUT2D eigenvalue weighted by atomic mass is 35.5. The first-order valence-electron chi connectivity index (χ1n) is 8.26. The number of amides is 1. The van der Waals surface area contributed by atoms with Crippen LogP contribution in [0.4, 0.5) is 4.79 Å². The molecule has 0 spiro atoms. The predicted octanol–water partition coefficient (Wildman–Crippen LogP) is 4.44. The van der Waals surface area contributed by atoms with Gasteiger partial charge in [0.15, 0.2) is 0 Å². The maximum atomic E-state index is 12.0. The summed E-state index contributed by atoms with van der Waals surface area (Å²) in [6.45, 7) is 7.72. The van der Waals surface area contributed by atoms with Gasteiger partial charge in [-0.05, 0) is 58.6 Å². The predicted molar refractivity (Wildman–Crippen MR) is 93.8 cm³/mol. The van der Waals surface area contributed by atoms with Crippen LogP contribution in [0.5, 0.6) is 0 Å². The van der Waals surface area contributed by atoms with Gasteiger partial charge in [0.2, 0.25) is 0 Å². The number of carbonyl (C=O) groups excluding carboxylic acids is 1. The average Bonchev–Trinajstić information content (AvgIpc) is 2.84. The molecule has 1 aliphatic rings. The van der Waals surface area contributed by atoms with Crippen molar-refractivity contribution < 1.29 is 9.53 Å².